The van der Waals surface area contributed by atoms with Crippen LogP contribution < -0.4 is 20.1 Å². The summed E-state index contributed by atoms with van der Waals surface area (Å²) in [5.74, 6) is 2.70. The highest BCUT2D eigenvalue weighted by molar-refractivity contribution is 6.30. The SMILES string of the molecule is CN=C(NCc1nc(-c2cccc(Cl)c2)no1)Nc1ccc(OC)c(OC)c1. The van der Waals surface area contributed by atoms with Crippen molar-refractivity contribution in [3.63, 3.8) is 0 Å². The van der Waals surface area contributed by atoms with Crippen LogP contribution in [0.25, 0.3) is 11.4 Å². The number of hydrogen-bond acceptors (Lipinski definition) is 6. The molecule has 2 aromatic carbocycles. The predicted octanol–water partition coefficient (Wildman–Crippen LogP) is 3.59. The van der Waals surface area contributed by atoms with Crippen LogP contribution in [-0.4, -0.2) is 37.4 Å². The normalized spacial score (nSPS) is 11.2. The summed E-state index contributed by atoms with van der Waals surface area (Å²) < 4.78 is 15.8. The number of aromatic nitrogens is 2. The van der Waals surface area contributed by atoms with Gasteiger partial charge in [0.1, 0.15) is 0 Å². The Bertz CT molecular complexity index is 974. The van der Waals surface area contributed by atoms with E-state index in [4.69, 9.17) is 25.6 Å². The van der Waals surface area contributed by atoms with Crippen molar-refractivity contribution in [3.05, 3.63) is 53.4 Å². The number of hydrogen-bond donors (Lipinski definition) is 2. The molecule has 1 aromatic heterocycles. The first-order valence-corrected chi connectivity index (χ1v) is 8.79. The summed E-state index contributed by atoms with van der Waals surface area (Å²) in [4.78, 5) is 8.55. The molecule has 0 aliphatic carbocycles. The summed E-state index contributed by atoms with van der Waals surface area (Å²) in [6, 6.07) is 12.8. The number of halogens is 1. The Balaban J connectivity index is 1.63. The molecule has 8 nitrogen and oxygen atoms in total. The number of anilines is 1. The molecule has 1 heterocycles. The third kappa shape index (κ3) is 4.72. The van der Waals surface area contributed by atoms with Gasteiger partial charge in [-0.1, -0.05) is 28.9 Å². The zero-order valence-electron chi connectivity index (χ0n) is 15.7. The lowest BCUT2D eigenvalue weighted by Gasteiger charge is -2.13. The minimum absolute atomic E-state index is 0.306. The smallest absolute Gasteiger partial charge is 0.246 e. The van der Waals surface area contributed by atoms with Gasteiger partial charge < -0.3 is 24.6 Å². The van der Waals surface area contributed by atoms with E-state index in [0.29, 0.717) is 40.7 Å². The standard InChI is InChI=1S/C19H20ClN5O3/c1-21-19(23-14-7-8-15(26-2)16(10-14)27-3)22-11-17-24-18(25-28-17)12-5-4-6-13(20)9-12/h4-10H,11H2,1-3H3,(H2,21,22,23). The maximum atomic E-state index is 6.00. The average Bonchev–Trinajstić information content (AvgIpc) is 3.20. The minimum atomic E-state index is 0.306. The lowest BCUT2D eigenvalue weighted by atomic mass is 10.2. The fourth-order valence-corrected chi connectivity index (χ4v) is 2.65. The molecule has 9 heteroatoms. The van der Waals surface area contributed by atoms with E-state index in [-0.39, 0.29) is 0 Å². The molecular weight excluding hydrogens is 382 g/mol. The van der Waals surface area contributed by atoms with Crippen molar-refractivity contribution >= 4 is 23.2 Å². The summed E-state index contributed by atoms with van der Waals surface area (Å²) in [5, 5.41) is 10.9. The summed E-state index contributed by atoms with van der Waals surface area (Å²) >= 11 is 6.00. The molecule has 0 aliphatic heterocycles. The van der Waals surface area contributed by atoms with Crippen LogP contribution in [0.1, 0.15) is 5.89 Å². The molecule has 3 aromatic rings. The molecule has 146 valence electrons. The van der Waals surface area contributed by atoms with E-state index in [0.717, 1.165) is 11.3 Å². The first kappa shape index (κ1) is 19.5. The molecule has 0 radical (unpaired) electrons. The van der Waals surface area contributed by atoms with Gasteiger partial charge in [0, 0.05) is 29.4 Å². The number of ether oxygens (including phenoxy) is 2. The van der Waals surface area contributed by atoms with E-state index in [1.54, 1.807) is 33.4 Å². The summed E-state index contributed by atoms with van der Waals surface area (Å²) in [5.41, 5.74) is 1.58. The van der Waals surface area contributed by atoms with Gasteiger partial charge in [-0.2, -0.15) is 4.98 Å². The first-order chi connectivity index (χ1) is 13.6. The number of rotatable bonds is 6. The van der Waals surface area contributed by atoms with Gasteiger partial charge in [-0.05, 0) is 24.3 Å². The van der Waals surface area contributed by atoms with Crippen LogP contribution in [0, 0.1) is 0 Å². The number of methoxy groups -OCH3 is 2. The molecule has 0 amide bonds. The monoisotopic (exact) mass is 401 g/mol. The van der Waals surface area contributed by atoms with E-state index in [2.05, 4.69) is 25.8 Å². The maximum Gasteiger partial charge on any atom is 0.246 e. The molecule has 0 spiro atoms. The number of aliphatic imine (C=N–C) groups is 1. The van der Waals surface area contributed by atoms with E-state index < -0.39 is 0 Å². The highest BCUT2D eigenvalue weighted by atomic mass is 35.5. The molecule has 0 unspecified atom stereocenters. The Labute approximate surface area is 167 Å². The minimum Gasteiger partial charge on any atom is -0.493 e. The summed E-state index contributed by atoms with van der Waals surface area (Å²) in [6.07, 6.45) is 0. The molecule has 0 fully saturated rings. The Morgan fingerprint density at radius 3 is 2.68 bits per heavy atom. The largest absolute Gasteiger partial charge is 0.493 e. The van der Waals surface area contributed by atoms with Crippen LogP contribution in [0.5, 0.6) is 11.5 Å². The molecule has 0 aliphatic rings. The second kappa shape index (κ2) is 9.09. The van der Waals surface area contributed by atoms with Crippen molar-refractivity contribution in [2.24, 2.45) is 4.99 Å². The van der Waals surface area contributed by atoms with Crippen molar-refractivity contribution in [1.29, 1.82) is 0 Å². The van der Waals surface area contributed by atoms with Crippen molar-refractivity contribution < 1.29 is 14.0 Å². The van der Waals surface area contributed by atoms with Gasteiger partial charge in [0.05, 0.1) is 20.8 Å². The van der Waals surface area contributed by atoms with Gasteiger partial charge in [0.25, 0.3) is 0 Å². The summed E-state index contributed by atoms with van der Waals surface area (Å²) in [7, 11) is 4.84. The van der Waals surface area contributed by atoms with E-state index in [1.807, 2.05) is 30.3 Å². The lowest BCUT2D eigenvalue weighted by Crippen LogP contribution is -2.30. The summed E-state index contributed by atoms with van der Waals surface area (Å²) in [6.45, 7) is 0.306. The third-order valence-electron chi connectivity index (χ3n) is 3.83. The number of nitrogens with zero attached hydrogens (tertiary/aromatic N) is 3. The van der Waals surface area contributed by atoms with Crippen molar-refractivity contribution in [1.82, 2.24) is 15.5 Å². The Hall–Kier alpha value is -3.26. The third-order valence-corrected chi connectivity index (χ3v) is 4.06. The lowest BCUT2D eigenvalue weighted by molar-refractivity contribution is 0.355. The molecule has 0 bridgehead atoms. The van der Waals surface area contributed by atoms with Crippen molar-refractivity contribution in [3.8, 4) is 22.9 Å². The molecular formula is C19H20ClN5O3. The van der Waals surface area contributed by atoms with E-state index >= 15 is 0 Å². The first-order valence-electron chi connectivity index (χ1n) is 8.41. The van der Waals surface area contributed by atoms with Gasteiger partial charge in [-0.15, -0.1) is 0 Å². The van der Waals surface area contributed by atoms with Crippen LogP contribution >= 0.6 is 11.6 Å². The quantitative estimate of drug-likeness (QED) is 0.481. The van der Waals surface area contributed by atoms with E-state index in [1.165, 1.54) is 0 Å². The van der Waals surface area contributed by atoms with Gasteiger partial charge in [0.15, 0.2) is 17.5 Å². The van der Waals surface area contributed by atoms with Gasteiger partial charge in [0.2, 0.25) is 11.7 Å². The maximum absolute atomic E-state index is 6.00. The Morgan fingerprint density at radius 2 is 1.96 bits per heavy atom. The van der Waals surface area contributed by atoms with Crippen LogP contribution in [0.2, 0.25) is 5.02 Å². The fraction of sp³-hybridized carbons (Fsp3) is 0.211. The number of nitrogens with one attached hydrogen (secondary N) is 2. The zero-order valence-corrected chi connectivity index (χ0v) is 16.4. The van der Waals surface area contributed by atoms with Crippen LogP contribution in [0.4, 0.5) is 5.69 Å². The van der Waals surface area contributed by atoms with Crippen molar-refractivity contribution in [2.45, 2.75) is 6.54 Å². The second-order valence-corrected chi connectivity index (χ2v) is 6.08. The topological polar surface area (TPSA) is 93.8 Å². The van der Waals surface area contributed by atoms with Crippen LogP contribution in [-0.2, 0) is 6.54 Å². The highest BCUT2D eigenvalue weighted by Gasteiger charge is 2.10. The molecule has 28 heavy (non-hydrogen) atoms. The zero-order chi connectivity index (χ0) is 19.9. The molecule has 2 N–H and O–H groups in total. The van der Waals surface area contributed by atoms with Gasteiger partial charge in [-0.3, -0.25) is 4.99 Å². The van der Waals surface area contributed by atoms with Gasteiger partial charge in [-0.25, -0.2) is 0 Å². The Morgan fingerprint density at radius 1 is 1.14 bits per heavy atom. The molecule has 0 saturated heterocycles. The number of benzene rings is 2. The van der Waals surface area contributed by atoms with Crippen LogP contribution in [0.3, 0.4) is 0 Å². The van der Waals surface area contributed by atoms with Crippen LogP contribution in [0.15, 0.2) is 52.0 Å². The van der Waals surface area contributed by atoms with Crippen molar-refractivity contribution in [2.75, 3.05) is 26.6 Å². The van der Waals surface area contributed by atoms with Gasteiger partial charge >= 0.3 is 0 Å². The molecule has 0 saturated carbocycles. The average molecular weight is 402 g/mol. The molecule has 3 rings (SSSR count). The number of guanidine groups is 1. The fourth-order valence-electron chi connectivity index (χ4n) is 2.46. The second-order valence-electron chi connectivity index (χ2n) is 5.64. The Kier molecular flexibility index (Phi) is 6.33. The predicted molar refractivity (Wildman–Crippen MR) is 108 cm³/mol. The van der Waals surface area contributed by atoms with E-state index in [9.17, 15) is 0 Å². The highest BCUT2D eigenvalue weighted by Crippen LogP contribution is 2.29. The molecule has 0 atom stereocenters.